The number of nitrogens with zero attached hydrogens (tertiary/aromatic N) is 2. The van der Waals surface area contributed by atoms with E-state index in [1.807, 2.05) is 18.0 Å². The molecule has 0 aliphatic heterocycles. The molecule has 0 aliphatic rings. The number of hydrogen-bond donors (Lipinski definition) is 2. The van der Waals surface area contributed by atoms with Crippen LogP contribution in [0.4, 0.5) is 0 Å². The van der Waals surface area contributed by atoms with Crippen LogP contribution in [0, 0.1) is 0 Å². The van der Waals surface area contributed by atoms with Crippen molar-refractivity contribution in [3.63, 3.8) is 0 Å². The number of aliphatic imine (C=N–C) groups is 1. The molecule has 0 spiro atoms. The van der Waals surface area contributed by atoms with E-state index in [2.05, 4.69) is 26.5 Å². The van der Waals surface area contributed by atoms with Crippen LogP contribution in [0.2, 0.25) is 5.02 Å². The Morgan fingerprint density at radius 1 is 1.26 bits per heavy atom. The Hall–Kier alpha value is -0.880. The summed E-state index contributed by atoms with van der Waals surface area (Å²) in [7, 11) is 0.0918. The summed E-state index contributed by atoms with van der Waals surface area (Å²) in [4.78, 5) is 7.73. The molecule has 150 valence electrons. The Balaban J connectivity index is 0.00000364. The zero-order chi connectivity index (χ0) is 19.0. The second-order valence-electron chi connectivity index (χ2n) is 5.58. The lowest BCUT2D eigenvalue weighted by atomic mass is 10.3. The first-order chi connectivity index (χ1) is 12.4. The number of nitrogens with one attached hydrogen (secondary N) is 2. The maximum Gasteiger partial charge on any atom is 0.240 e. The topological polar surface area (TPSA) is 73.8 Å². The van der Waals surface area contributed by atoms with Gasteiger partial charge in [0.1, 0.15) is 0 Å². The number of benzene rings is 1. The molecule has 0 saturated heterocycles. The molecule has 27 heavy (non-hydrogen) atoms. The maximum absolute atomic E-state index is 12.2. The van der Waals surface area contributed by atoms with E-state index in [9.17, 15) is 8.42 Å². The fourth-order valence-corrected chi connectivity index (χ4v) is 4.33. The van der Waals surface area contributed by atoms with Gasteiger partial charge < -0.3 is 10.2 Å². The Kier molecular flexibility index (Phi) is 10.6. The first kappa shape index (κ1) is 24.2. The van der Waals surface area contributed by atoms with Crippen molar-refractivity contribution in [2.45, 2.75) is 11.3 Å². The minimum absolute atomic E-state index is 0. The van der Waals surface area contributed by atoms with Gasteiger partial charge in [0.05, 0.1) is 4.90 Å². The Morgan fingerprint density at radius 3 is 2.67 bits per heavy atom. The summed E-state index contributed by atoms with van der Waals surface area (Å²) in [5, 5.41) is 5.61. The van der Waals surface area contributed by atoms with Crippen LogP contribution in [0.25, 0.3) is 0 Å². The minimum Gasteiger partial charge on any atom is -0.355 e. The summed E-state index contributed by atoms with van der Waals surface area (Å²) in [5.41, 5.74) is 0. The highest BCUT2D eigenvalue weighted by atomic mass is 127. The maximum atomic E-state index is 12.2. The van der Waals surface area contributed by atoms with Crippen molar-refractivity contribution in [1.82, 2.24) is 14.9 Å². The van der Waals surface area contributed by atoms with E-state index in [0.717, 1.165) is 18.9 Å². The molecule has 2 N–H and O–H groups in total. The van der Waals surface area contributed by atoms with Gasteiger partial charge >= 0.3 is 0 Å². The van der Waals surface area contributed by atoms with Crippen molar-refractivity contribution in [3.05, 3.63) is 51.7 Å². The quantitative estimate of drug-likeness (QED) is 0.233. The van der Waals surface area contributed by atoms with Gasteiger partial charge in [0.25, 0.3) is 0 Å². The molecule has 0 unspecified atom stereocenters. The predicted octanol–water partition coefficient (Wildman–Crippen LogP) is 3.05. The highest BCUT2D eigenvalue weighted by molar-refractivity contribution is 14.0. The lowest BCUT2D eigenvalue weighted by molar-refractivity contribution is 0.486. The SMILES string of the molecule is CN=C(NCCNS(=O)(=O)c1cccc(Cl)c1)N(C)CCc1cccs1.I. The number of guanidine groups is 1. The fourth-order valence-electron chi connectivity index (χ4n) is 2.30. The second-order valence-corrected chi connectivity index (χ2v) is 8.82. The molecule has 0 atom stereocenters. The van der Waals surface area contributed by atoms with Gasteiger partial charge in [-0.1, -0.05) is 23.7 Å². The molecule has 1 aromatic carbocycles. The third kappa shape index (κ3) is 7.94. The van der Waals surface area contributed by atoms with Crippen LogP contribution in [-0.2, 0) is 16.4 Å². The van der Waals surface area contributed by atoms with Crippen LogP contribution >= 0.6 is 46.9 Å². The van der Waals surface area contributed by atoms with E-state index in [1.165, 1.54) is 17.0 Å². The zero-order valence-corrected chi connectivity index (χ0v) is 19.9. The van der Waals surface area contributed by atoms with Crippen molar-refractivity contribution >= 4 is 62.9 Å². The summed E-state index contributed by atoms with van der Waals surface area (Å²) in [5.74, 6) is 0.725. The average Bonchev–Trinajstić information content (AvgIpc) is 3.13. The van der Waals surface area contributed by atoms with Crippen LogP contribution in [0.3, 0.4) is 0 Å². The smallest absolute Gasteiger partial charge is 0.240 e. The summed E-state index contributed by atoms with van der Waals surface area (Å²) in [6, 6.07) is 10.3. The monoisotopic (exact) mass is 542 g/mol. The summed E-state index contributed by atoms with van der Waals surface area (Å²) >= 11 is 7.58. The predicted molar refractivity (Wildman–Crippen MR) is 124 cm³/mol. The highest BCUT2D eigenvalue weighted by Crippen LogP contribution is 2.14. The molecule has 0 aliphatic carbocycles. The van der Waals surface area contributed by atoms with Crippen LogP contribution in [0.15, 0.2) is 51.7 Å². The number of hydrogen-bond acceptors (Lipinski definition) is 4. The molecule has 2 aromatic rings. The van der Waals surface area contributed by atoms with E-state index < -0.39 is 10.0 Å². The fraction of sp³-hybridized carbons (Fsp3) is 0.353. The van der Waals surface area contributed by atoms with Gasteiger partial charge in [-0.15, -0.1) is 35.3 Å². The lowest BCUT2D eigenvalue weighted by Gasteiger charge is -2.21. The number of rotatable bonds is 8. The second kappa shape index (κ2) is 11.8. The van der Waals surface area contributed by atoms with E-state index in [-0.39, 0.29) is 35.4 Å². The third-order valence-corrected chi connectivity index (χ3v) is 6.28. The van der Waals surface area contributed by atoms with Crippen molar-refractivity contribution in [2.75, 3.05) is 33.7 Å². The molecule has 2 rings (SSSR count). The number of thiophene rings is 1. The van der Waals surface area contributed by atoms with Crippen LogP contribution < -0.4 is 10.0 Å². The van der Waals surface area contributed by atoms with E-state index in [4.69, 9.17) is 11.6 Å². The van der Waals surface area contributed by atoms with Gasteiger partial charge in [-0.3, -0.25) is 4.99 Å². The molecule has 1 heterocycles. The van der Waals surface area contributed by atoms with Gasteiger partial charge in [-0.05, 0) is 36.1 Å². The van der Waals surface area contributed by atoms with Crippen LogP contribution in [0.1, 0.15) is 4.88 Å². The molecular weight excluding hydrogens is 519 g/mol. The van der Waals surface area contributed by atoms with E-state index in [0.29, 0.717) is 11.6 Å². The largest absolute Gasteiger partial charge is 0.355 e. The number of likely N-dealkylation sites (N-methyl/N-ethyl adjacent to an activating group) is 1. The minimum atomic E-state index is -3.57. The van der Waals surface area contributed by atoms with Gasteiger partial charge in [-0.2, -0.15) is 0 Å². The first-order valence-electron chi connectivity index (χ1n) is 8.12. The third-order valence-electron chi connectivity index (χ3n) is 3.65. The molecule has 10 heteroatoms. The van der Waals surface area contributed by atoms with Crippen molar-refractivity contribution in [1.29, 1.82) is 0 Å². The summed E-state index contributed by atoms with van der Waals surface area (Å²) in [6.45, 7) is 1.50. The average molecular weight is 543 g/mol. The normalized spacial score (nSPS) is 11.7. The Bertz CT molecular complexity index is 829. The lowest BCUT2D eigenvalue weighted by Crippen LogP contribution is -2.43. The van der Waals surface area contributed by atoms with Gasteiger partial charge in [-0.25, -0.2) is 13.1 Å². The highest BCUT2D eigenvalue weighted by Gasteiger charge is 2.13. The van der Waals surface area contributed by atoms with Gasteiger partial charge in [0, 0.05) is 43.6 Å². The van der Waals surface area contributed by atoms with Crippen molar-refractivity contribution in [3.8, 4) is 0 Å². The van der Waals surface area contributed by atoms with E-state index >= 15 is 0 Å². The molecule has 0 bridgehead atoms. The summed E-state index contributed by atoms with van der Waals surface area (Å²) in [6.07, 6.45) is 0.941. The molecule has 0 fully saturated rings. The Morgan fingerprint density at radius 2 is 2.04 bits per heavy atom. The van der Waals surface area contributed by atoms with E-state index in [1.54, 1.807) is 30.5 Å². The first-order valence-corrected chi connectivity index (χ1v) is 10.9. The summed E-state index contributed by atoms with van der Waals surface area (Å²) < 4.78 is 27.0. The standard InChI is InChI=1S/C17H23ClN4O2S2.HI/c1-19-17(22(2)11-8-15-6-4-12-25-15)20-9-10-21-26(23,24)16-7-3-5-14(18)13-16;/h3-7,12-13,21H,8-11H2,1-2H3,(H,19,20);1H. The molecule has 0 saturated carbocycles. The zero-order valence-electron chi connectivity index (χ0n) is 15.2. The van der Waals surface area contributed by atoms with Crippen molar-refractivity contribution in [2.24, 2.45) is 4.99 Å². The van der Waals surface area contributed by atoms with Gasteiger partial charge in [0.15, 0.2) is 5.96 Å². The van der Waals surface area contributed by atoms with Gasteiger partial charge in [0.2, 0.25) is 10.0 Å². The number of halogens is 2. The Labute approximate surface area is 187 Å². The molecule has 1 aromatic heterocycles. The molecule has 0 amide bonds. The number of sulfonamides is 1. The molecule has 0 radical (unpaired) electrons. The molecular formula is C17H24ClIN4O2S2. The van der Waals surface area contributed by atoms with Crippen LogP contribution in [-0.4, -0.2) is 53.0 Å². The van der Waals surface area contributed by atoms with Crippen LogP contribution in [0.5, 0.6) is 0 Å². The molecule has 6 nitrogen and oxygen atoms in total. The van der Waals surface area contributed by atoms with Crippen molar-refractivity contribution < 1.29 is 8.42 Å².